The second-order valence-corrected chi connectivity index (χ2v) is 7.56. The number of rotatable bonds is 3. The van der Waals surface area contributed by atoms with E-state index in [0.29, 0.717) is 5.56 Å². The van der Waals surface area contributed by atoms with E-state index in [1.807, 2.05) is 0 Å². The maximum Gasteiger partial charge on any atom is 0.433 e. The number of nitrogens with zero attached hydrogens (tertiary/aromatic N) is 2. The highest BCUT2D eigenvalue weighted by Gasteiger charge is 2.59. The van der Waals surface area contributed by atoms with E-state index in [0.717, 1.165) is 0 Å². The summed E-state index contributed by atoms with van der Waals surface area (Å²) in [6.07, 6.45) is -17.0. The highest BCUT2D eigenvalue weighted by Crippen LogP contribution is 2.49. The van der Waals surface area contributed by atoms with Gasteiger partial charge in [-0.25, -0.2) is 4.98 Å². The first-order valence-corrected chi connectivity index (χ1v) is 9.22. The number of hydrogen-bond acceptors (Lipinski definition) is 3. The van der Waals surface area contributed by atoms with Gasteiger partial charge < -0.3 is 5.73 Å². The lowest BCUT2D eigenvalue weighted by atomic mass is 9.76. The molecule has 2 aromatic rings. The van der Waals surface area contributed by atoms with Crippen molar-refractivity contribution in [3.8, 4) is 0 Å². The minimum absolute atomic E-state index is 0.00825. The van der Waals surface area contributed by atoms with Crippen LogP contribution in [0.4, 0.5) is 39.5 Å². The summed E-state index contributed by atoms with van der Waals surface area (Å²) in [6, 6.07) is 4.11. The molecule has 3 rings (SSSR count). The minimum Gasteiger partial charge on any atom is -0.326 e. The number of nitrogens with two attached hydrogens (primary N) is 1. The van der Waals surface area contributed by atoms with Crippen LogP contribution in [-0.4, -0.2) is 23.4 Å². The molecule has 3 nitrogen and oxygen atoms in total. The van der Waals surface area contributed by atoms with Crippen LogP contribution >= 0.6 is 11.6 Å². The first-order chi connectivity index (χ1) is 14.6. The van der Waals surface area contributed by atoms with Crippen molar-refractivity contribution in [1.29, 1.82) is 0 Å². The molecule has 1 aliphatic heterocycles. The molecule has 1 unspecified atom stereocenters. The molecule has 0 fully saturated rings. The molecule has 1 atom stereocenters. The normalized spacial score (nSPS) is 19.9. The van der Waals surface area contributed by atoms with Crippen LogP contribution in [0.15, 0.2) is 35.3 Å². The van der Waals surface area contributed by atoms with Crippen molar-refractivity contribution in [2.45, 2.75) is 36.9 Å². The van der Waals surface area contributed by atoms with Crippen LogP contribution in [0.5, 0.6) is 0 Å². The summed E-state index contributed by atoms with van der Waals surface area (Å²) in [5.41, 5.74) is -2.51. The van der Waals surface area contributed by atoms with Crippen molar-refractivity contribution < 1.29 is 39.5 Å². The topological polar surface area (TPSA) is 51.3 Å². The number of benzene rings is 1. The maximum absolute atomic E-state index is 14.1. The summed E-state index contributed by atoms with van der Waals surface area (Å²) < 4.78 is 121. The van der Waals surface area contributed by atoms with Crippen LogP contribution in [0.2, 0.25) is 5.02 Å². The molecular formula is C19H13ClF9N3. The van der Waals surface area contributed by atoms with Gasteiger partial charge in [0.15, 0.2) is 0 Å². The first-order valence-electron chi connectivity index (χ1n) is 8.84. The lowest BCUT2D eigenvalue weighted by Gasteiger charge is -2.32. The summed E-state index contributed by atoms with van der Waals surface area (Å²) in [7, 11) is 0. The van der Waals surface area contributed by atoms with Gasteiger partial charge in [-0.3, -0.25) is 4.99 Å². The van der Waals surface area contributed by atoms with Crippen molar-refractivity contribution >= 4 is 17.3 Å². The molecular weight excluding hydrogens is 477 g/mol. The van der Waals surface area contributed by atoms with E-state index in [1.54, 1.807) is 0 Å². The number of hydrogen-bond donors (Lipinski definition) is 1. The molecule has 0 amide bonds. The van der Waals surface area contributed by atoms with Gasteiger partial charge in [-0.05, 0) is 34.9 Å². The van der Waals surface area contributed by atoms with Crippen LogP contribution in [-0.2, 0) is 24.3 Å². The molecule has 32 heavy (non-hydrogen) atoms. The summed E-state index contributed by atoms with van der Waals surface area (Å²) in [6.45, 7) is -1.05. The van der Waals surface area contributed by atoms with Crippen LogP contribution < -0.4 is 5.73 Å². The second kappa shape index (κ2) is 7.91. The molecule has 1 aromatic heterocycles. The van der Waals surface area contributed by atoms with Crippen LogP contribution in [0.25, 0.3) is 0 Å². The van der Waals surface area contributed by atoms with Crippen molar-refractivity contribution in [3.63, 3.8) is 0 Å². The predicted molar refractivity (Wildman–Crippen MR) is 97.3 cm³/mol. The Bertz CT molecular complexity index is 1030. The Morgan fingerprint density at radius 3 is 1.91 bits per heavy atom. The van der Waals surface area contributed by atoms with Crippen molar-refractivity contribution in [2.24, 2.45) is 10.7 Å². The Kier molecular flexibility index (Phi) is 6.01. The number of alkyl halides is 9. The van der Waals surface area contributed by atoms with Gasteiger partial charge >= 0.3 is 18.5 Å². The van der Waals surface area contributed by atoms with E-state index < -0.39 is 53.9 Å². The Morgan fingerprint density at radius 1 is 0.906 bits per heavy atom. The molecule has 174 valence electrons. The lowest BCUT2D eigenvalue weighted by molar-refractivity contribution is -0.185. The van der Waals surface area contributed by atoms with Gasteiger partial charge in [0.1, 0.15) is 16.8 Å². The Hall–Kier alpha value is -2.34. The molecule has 1 aliphatic rings. The number of aromatic nitrogens is 1. The monoisotopic (exact) mass is 489 g/mol. The van der Waals surface area contributed by atoms with E-state index in [4.69, 9.17) is 17.3 Å². The van der Waals surface area contributed by atoms with Crippen LogP contribution in [0, 0.1) is 0 Å². The van der Waals surface area contributed by atoms with Crippen molar-refractivity contribution in [2.75, 3.05) is 6.54 Å². The van der Waals surface area contributed by atoms with E-state index in [1.165, 1.54) is 18.2 Å². The SMILES string of the molecule is NCc1ccc(C2=NCC(c3cc(C(F)(F)F)nc(C(F)(F)F)c3)(C(F)(F)F)C2)cc1Cl. The molecule has 0 saturated carbocycles. The third kappa shape index (κ3) is 4.42. The predicted octanol–water partition coefficient (Wildman–Crippen LogP) is 5.92. The molecule has 0 spiro atoms. The van der Waals surface area contributed by atoms with E-state index in [2.05, 4.69) is 9.98 Å². The van der Waals surface area contributed by atoms with Gasteiger partial charge in [0.05, 0.1) is 6.54 Å². The average Bonchev–Trinajstić information content (AvgIpc) is 3.13. The fourth-order valence-electron chi connectivity index (χ4n) is 3.36. The second-order valence-electron chi connectivity index (χ2n) is 7.15. The molecule has 0 aliphatic carbocycles. The highest BCUT2D eigenvalue weighted by molar-refractivity contribution is 6.31. The Labute approximate surface area is 180 Å². The van der Waals surface area contributed by atoms with Crippen LogP contribution in [0.1, 0.15) is 34.5 Å². The minimum atomic E-state index is -5.39. The summed E-state index contributed by atoms with van der Waals surface area (Å²) in [5.74, 6) is 0. The van der Waals surface area contributed by atoms with Gasteiger partial charge in [-0.1, -0.05) is 23.7 Å². The first kappa shape index (κ1) is 24.3. The summed E-state index contributed by atoms with van der Waals surface area (Å²) >= 11 is 6.01. The molecule has 0 saturated heterocycles. The smallest absolute Gasteiger partial charge is 0.326 e. The van der Waals surface area contributed by atoms with E-state index >= 15 is 0 Å². The van der Waals surface area contributed by atoms with E-state index in [-0.39, 0.29) is 35.0 Å². The van der Waals surface area contributed by atoms with Gasteiger partial charge in [0.25, 0.3) is 0 Å². The fraction of sp³-hybridized carbons (Fsp3) is 0.368. The molecule has 1 aromatic carbocycles. The molecule has 2 heterocycles. The van der Waals surface area contributed by atoms with Gasteiger partial charge in [0.2, 0.25) is 0 Å². The zero-order valence-corrected chi connectivity index (χ0v) is 16.5. The van der Waals surface area contributed by atoms with E-state index in [9.17, 15) is 39.5 Å². The quantitative estimate of drug-likeness (QED) is 0.544. The molecule has 0 radical (unpaired) electrons. The zero-order chi connectivity index (χ0) is 24.1. The maximum atomic E-state index is 14.1. The van der Waals surface area contributed by atoms with Gasteiger partial charge in [-0.2, -0.15) is 39.5 Å². The number of halogens is 10. The Balaban J connectivity index is 2.14. The summed E-state index contributed by atoms with van der Waals surface area (Å²) in [4.78, 5) is 6.29. The average molecular weight is 490 g/mol. The fourth-order valence-corrected chi connectivity index (χ4v) is 3.62. The number of aliphatic imine (C=N–C) groups is 1. The zero-order valence-electron chi connectivity index (χ0n) is 15.8. The van der Waals surface area contributed by atoms with Gasteiger partial charge in [0, 0.05) is 23.7 Å². The molecule has 2 N–H and O–H groups in total. The molecule has 13 heteroatoms. The molecule has 0 bridgehead atoms. The van der Waals surface area contributed by atoms with Crippen LogP contribution in [0.3, 0.4) is 0 Å². The largest absolute Gasteiger partial charge is 0.433 e. The third-order valence-electron chi connectivity index (χ3n) is 5.12. The van der Waals surface area contributed by atoms with Crippen molar-refractivity contribution in [1.82, 2.24) is 4.98 Å². The lowest BCUT2D eigenvalue weighted by Crippen LogP contribution is -2.44. The Morgan fingerprint density at radius 2 is 1.47 bits per heavy atom. The van der Waals surface area contributed by atoms with Crippen molar-refractivity contribution in [3.05, 3.63) is 63.4 Å². The highest BCUT2D eigenvalue weighted by atomic mass is 35.5. The third-order valence-corrected chi connectivity index (χ3v) is 5.47. The van der Waals surface area contributed by atoms with Gasteiger partial charge in [-0.15, -0.1) is 0 Å². The number of pyridine rings is 1. The standard InChI is InChI=1S/C19H13ClF9N3/c20-12-3-9(1-2-10(12)7-30)13-6-16(8-31-13,19(27,28)29)11-4-14(17(21,22)23)32-15(5-11)18(24,25)26/h1-5H,6-8,30H2. The summed E-state index contributed by atoms with van der Waals surface area (Å²) in [5, 5.41) is 0.139.